The van der Waals surface area contributed by atoms with E-state index in [4.69, 9.17) is 5.26 Å². The molecule has 0 saturated heterocycles. The van der Waals surface area contributed by atoms with Gasteiger partial charge >= 0.3 is 0 Å². The second-order valence-electron chi connectivity index (χ2n) is 4.14. The molecular weight excluding hydrogens is 242 g/mol. The van der Waals surface area contributed by atoms with Gasteiger partial charge in [-0.15, -0.1) is 11.3 Å². The number of aryl methyl sites for hydroxylation is 3. The molecule has 2 aromatic rings. The molecule has 0 saturated carbocycles. The first kappa shape index (κ1) is 12.6. The van der Waals surface area contributed by atoms with Gasteiger partial charge in [-0.25, -0.2) is 4.98 Å². The maximum atomic E-state index is 8.83. The highest BCUT2D eigenvalue weighted by molar-refractivity contribution is 7.15. The van der Waals surface area contributed by atoms with Gasteiger partial charge in [-0.1, -0.05) is 6.92 Å². The molecule has 3 nitrogen and oxygen atoms in total. The minimum absolute atomic E-state index is 0.683. The molecule has 92 valence electrons. The third kappa shape index (κ3) is 2.52. The summed E-state index contributed by atoms with van der Waals surface area (Å²) in [7, 11) is 0. The largest absolute Gasteiger partial charge is 0.331 e. The molecule has 1 N–H and O–H groups in total. The Balaban J connectivity index is 2.26. The maximum Gasteiger partial charge on any atom is 0.187 e. The van der Waals surface area contributed by atoms with Crippen LogP contribution >= 0.6 is 11.3 Å². The molecule has 0 aliphatic rings. The Hall–Kier alpha value is -1.86. The van der Waals surface area contributed by atoms with Gasteiger partial charge < -0.3 is 5.32 Å². The summed E-state index contributed by atoms with van der Waals surface area (Å²) in [6.45, 7) is 6.19. The monoisotopic (exact) mass is 257 g/mol. The minimum atomic E-state index is 0.683. The number of nitrogens with zero attached hydrogens (tertiary/aromatic N) is 2. The van der Waals surface area contributed by atoms with Gasteiger partial charge in [0.1, 0.15) is 0 Å². The third-order valence-corrected chi connectivity index (χ3v) is 3.75. The molecule has 18 heavy (non-hydrogen) atoms. The summed E-state index contributed by atoms with van der Waals surface area (Å²) < 4.78 is 0. The summed E-state index contributed by atoms with van der Waals surface area (Å²) in [5.41, 5.74) is 3.89. The van der Waals surface area contributed by atoms with E-state index >= 15 is 0 Å². The van der Waals surface area contributed by atoms with Crippen LogP contribution in [0, 0.1) is 25.2 Å². The third-order valence-electron chi connectivity index (χ3n) is 2.82. The van der Waals surface area contributed by atoms with Crippen molar-refractivity contribution in [1.82, 2.24) is 4.98 Å². The van der Waals surface area contributed by atoms with Crippen molar-refractivity contribution in [3.63, 3.8) is 0 Å². The summed E-state index contributed by atoms with van der Waals surface area (Å²) in [5.74, 6) is 0. The summed E-state index contributed by atoms with van der Waals surface area (Å²) in [6.07, 6.45) is 0.955. The highest BCUT2D eigenvalue weighted by Gasteiger charge is 2.07. The Labute approximate surface area is 111 Å². The lowest BCUT2D eigenvalue weighted by Gasteiger charge is -2.06. The fourth-order valence-corrected chi connectivity index (χ4v) is 2.71. The molecule has 0 spiro atoms. The van der Waals surface area contributed by atoms with E-state index in [0.29, 0.717) is 5.56 Å². The van der Waals surface area contributed by atoms with Gasteiger partial charge in [0, 0.05) is 10.6 Å². The maximum absolute atomic E-state index is 8.83. The number of aromatic nitrogens is 1. The molecule has 2 rings (SSSR count). The highest BCUT2D eigenvalue weighted by atomic mass is 32.1. The quantitative estimate of drug-likeness (QED) is 0.906. The van der Waals surface area contributed by atoms with Crippen molar-refractivity contribution in [2.24, 2.45) is 0 Å². The molecule has 0 unspecified atom stereocenters. The fraction of sp³-hybridized carbons (Fsp3) is 0.286. The van der Waals surface area contributed by atoms with E-state index in [1.807, 2.05) is 25.1 Å². The highest BCUT2D eigenvalue weighted by Crippen LogP contribution is 2.27. The van der Waals surface area contributed by atoms with Crippen LogP contribution < -0.4 is 5.32 Å². The SMILES string of the molecule is CCc1nc(Nc2ccc(C#N)cc2C)sc1C. The molecule has 4 heteroatoms. The number of anilines is 2. The molecule has 0 aliphatic carbocycles. The topological polar surface area (TPSA) is 48.7 Å². The first-order valence-electron chi connectivity index (χ1n) is 5.88. The molecule has 1 aromatic heterocycles. The van der Waals surface area contributed by atoms with E-state index in [9.17, 15) is 0 Å². The second-order valence-corrected chi connectivity index (χ2v) is 5.35. The number of hydrogen-bond donors (Lipinski definition) is 1. The number of hydrogen-bond acceptors (Lipinski definition) is 4. The molecule has 0 radical (unpaired) electrons. The van der Waals surface area contributed by atoms with E-state index in [1.54, 1.807) is 11.3 Å². The van der Waals surface area contributed by atoms with Crippen molar-refractivity contribution in [1.29, 1.82) is 5.26 Å². The van der Waals surface area contributed by atoms with Crippen molar-refractivity contribution in [3.05, 3.63) is 39.9 Å². The van der Waals surface area contributed by atoms with Crippen LogP contribution in [0.2, 0.25) is 0 Å². The van der Waals surface area contributed by atoms with Crippen LogP contribution in [0.5, 0.6) is 0 Å². The Morgan fingerprint density at radius 3 is 2.72 bits per heavy atom. The number of rotatable bonds is 3. The molecule has 0 aliphatic heterocycles. The van der Waals surface area contributed by atoms with E-state index in [0.717, 1.165) is 28.5 Å². The molecule has 0 bridgehead atoms. The van der Waals surface area contributed by atoms with E-state index in [-0.39, 0.29) is 0 Å². The molecule has 0 amide bonds. The predicted molar refractivity (Wildman–Crippen MR) is 75.4 cm³/mol. The number of thiazole rings is 1. The van der Waals surface area contributed by atoms with Gasteiger partial charge in [0.2, 0.25) is 0 Å². The smallest absolute Gasteiger partial charge is 0.187 e. The first-order valence-corrected chi connectivity index (χ1v) is 6.69. The van der Waals surface area contributed by atoms with Gasteiger partial charge in [-0.2, -0.15) is 5.26 Å². The van der Waals surface area contributed by atoms with Gasteiger partial charge in [-0.05, 0) is 44.0 Å². The molecule has 1 heterocycles. The molecule has 0 fully saturated rings. The van der Waals surface area contributed by atoms with Gasteiger partial charge in [0.05, 0.1) is 17.3 Å². The summed E-state index contributed by atoms with van der Waals surface area (Å²) in [6, 6.07) is 7.76. The zero-order valence-electron chi connectivity index (χ0n) is 10.7. The van der Waals surface area contributed by atoms with Crippen LogP contribution in [0.15, 0.2) is 18.2 Å². The van der Waals surface area contributed by atoms with Crippen molar-refractivity contribution in [3.8, 4) is 6.07 Å². The fourth-order valence-electron chi connectivity index (χ4n) is 1.80. The van der Waals surface area contributed by atoms with Crippen molar-refractivity contribution >= 4 is 22.2 Å². The van der Waals surface area contributed by atoms with Gasteiger partial charge in [0.25, 0.3) is 0 Å². The van der Waals surface area contributed by atoms with Crippen LogP contribution in [0.1, 0.15) is 28.6 Å². The molecular formula is C14H15N3S. The average Bonchev–Trinajstić information content (AvgIpc) is 2.72. The van der Waals surface area contributed by atoms with Crippen LogP contribution in [0.3, 0.4) is 0 Å². The summed E-state index contributed by atoms with van der Waals surface area (Å²) in [4.78, 5) is 5.81. The summed E-state index contributed by atoms with van der Waals surface area (Å²) >= 11 is 1.67. The van der Waals surface area contributed by atoms with Crippen LogP contribution in [0.4, 0.5) is 10.8 Å². The number of nitriles is 1. The Morgan fingerprint density at radius 1 is 1.39 bits per heavy atom. The van der Waals surface area contributed by atoms with Gasteiger partial charge in [0.15, 0.2) is 5.13 Å². The van der Waals surface area contributed by atoms with Crippen molar-refractivity contribution in [2.45, 2.75) is 27.2 Å². The van der Waals surface area contributed by atoms with Crippen molar-refractivity contribution < 1.29 is 0 Å². The normalized spacial score (nSPS) is 10.1. The van der Waals surface area contributed by atoms with Crippen molar-refractivity contribution in [2.75, 3.05) is 5.32 Å². The second kappa shape index (κ2) is 5.19. The van der Waals surface area contributed by atoms with Crippen LogP contribution in [-0.4, -0.2) is 4.98 Å². The first-order chi connectivity index (χ1) is 8.63. The van der Waals surface area contributed by atoms with Gasteiger partial charge in [-0.3, -0.25) is 0 Å². The Bertz CT molecular complexity index is 608. The van der Waals surface area contributed by atoms with Crippen LogP contribution in [-0.2, 0) is 6.42 Å². The van der Waals surface area contributed by atoms with Crippen LogP contribution in [0.25, 0.3) is 0 Å². The Kier molecular flexibility index (Phi) is 3.63. The summed E-state index contributed by atoms with van der Waals surface area (Å²) in [5, 5.41) is 13.1. The average molecular weight is 257 g/mol. The number of benzene rings is 1. The number of nitrogens with one attached hydrogen (secondary N) is 1. The zero-order valence-corrected chi connectivity index (χ0v) is 11.6. The predicted octanol–water partition coefficient (Wildman–Crippen LogP) is 3.94. The lowest BCUT2D eigenvalue weighted by molar-refractivity contribution is 1.05. The Morgan fingerprint density at radius 2 is 2.17 bits per heavy atom. The van der Waals surface area contributed by atoms with E-state index < -0.39 is 0 Å². The molecule has 0 atom stereocenters. The lowest BCUT2D eigenvalue weighted by Crippen LogP contribution is -1.93. The zero-order chi connectivity index (χ0) is 13.1. The molecule has 1 aromatic carbocycles. The minimum Gasteiger partial charge on any atom is -0.331 e. The standard InChI is InChI=1S/C14H15N3S/c1-4-12-10(3)18-14(16-12)17-13-6-5-11(8-15)7-9(13)2/h5-7H,4H2,1-3H3,(H,16,17). The van der Waals surface area contributed by atoms with E-state index in [2.05, 4.69) is 30.2 Å². The lowest BCUT2D eigenvalue weighted by atomic mass is 10.1. The van der Waals surface area contributed by atoms with E-state index in [1.165, 1.54) is 4.88 Å².